The summed E-state index contributed by atoms with van der Waals surface area (Å²) in [5.41, 5.74) is 0.210. The van der Waals surface area contributed by atoms with Gasteiger partial charge in [0.15, 0.2) is 0 Å². The van der Waals surface area contributed by atoms with E-state index in [9.17, 15) is 9.18 Å². The Bertz CT molecular complexity index is 639. The molecule has 3 nitrogen and oxygen atoms in total. The monoisotopic (exact) mass is 357 g/mol. The van der Waals surface area contributed by atoms with Gasteiger partial charge in [0.25, 0.3) is 5.91 Å². The molecule has 2 heterocycles. The third-order valence-electron chi connectivity index (χ3n) is 3.56. The van der Waals surface area contributed by atoms with Crippen LogP contribution >= 0.6 is 35.6 Å². The van der Waals surface area contributed by atoms with Crippen molar-refractivity contribution in [2.75, 3.05) is 13.2 Å². The molecular formula is C15H13ClFNO2S2. The minimum Gasteiger partial charge on any atom is -0.376 e. The molecule has 1 atom stereocenters. The van der Waals surface area contributed by atoms with Crippen molar-refractivity contribution in [3.05, 3.63) is 39.5 Å². The number of thioether (sulfide) groups is 1. The van der Waals surface area contributed by atoms with Crippen LogP contribution in [0.25, 0.3) is 6.08 Å². The van der Waals surface area contributed by atoms with Crippen molar-refractivity contribution in [2.45, 2.75) is 18.9 Å². The number of carbonyl (C=O) groups excluding carboxylic acids is 1. The first-order valence-corrected chi connectivity index (χ1v) is 8.47. The normalized spacial score (nSPS) is 23.8. The lowest BCUT2D eigenvalue weighted by molar-refractivity contribution is -0.123. The number of halogens is 2. The van der Waals surface area contributed by atoms with E-state index < -0.39 is 5.82 Å². The smallest absolute Gasteiger partial charge is 0.266 e. The molecule has 2 aliphatic heterocycles. The highest BCUT2D eigenvalue weighted by atomic mass is 35.5. The standard InChI is InChI=1S/C15H13ClFNO2S2/c16-11-4-1-5-12(17)10(11)7-13-14(19)18(15(21)22-13)8-9-3-2-6-20-9/h1,4-5,7,9H,2-3,6,8H2/b13-7+/t9-/m0/s1. The van der Waals surface area contributed by atoms with Crippen LogP contribution in [0.5, 0.6) is 0 Å². The summed E-state index contributed by atoms with van der Waals surface area (Å²) in [6.07, 6.45) is 3.42. The van der Waals surface area contributed by atoms with Crippen molar-refractivity contribution < 1.29 is 13.9 Å². The van der Waals surface area contributed by atoms with Crippen molar-refractivity contribution in [3.8, 4) is 0 Å². The lowest BCUT2D eigenvalue weighted by Crippen LogP contribution is -2.35. The first-order valence-electron chi connectivity index (χ1n) is 6.87. The van der Waals surface area contributed by atoms with Crippen molar-refractivity contribution in [3.63, 3.8) is 0 Å². The van der Waals surface area contributed by atoms with E-state index in [1.54, 1.807) is 6.07 Å². The van der Waals surface area contributed by atoms with Gasteiger partial charge in [0.2, 0.25) is 0 Å². The maximum atomic E-state index is 13.8. The van der Waals surface area contributed by atoms with Crippen LogP contribution < -0.4 is 0 Å². The van der Waals surface area contributed by atoms with Gasteiger partial charge in [-0.3, -0.25) is 9.69 Å². The first kappa shape index (κ1) is 15.9. The van der Waals surface area contributed by atoms with E-state index in [4.69, 9.17) is 28.6 Å². The van der Waals surface area contributed by atoms with Gasteiger partial charge in [-0.15, -0.1) is 0 Å². The number of carbonyl (C=O) groups is 1. The highest BCUT2D eigenvalue weighted by Crippen LogP contribution is 2.35. The molecule has 1 aromatic rings. The second kappa shape index (κ2) is 6.66. The summed E-state index contributed by atoms with van der Waals surface area (Å²) in [5.74, 6) is -0.679. The number of amides is 1. The molecular weight excluding hydrogens is 345 g/mol. The Morgan fingerprint density at radius 2 is 2.36 bits per heavy atom. The zero-order valence-corrected chi connectivity index (χ0v) is 13.9. The fourth-order valence-electron chi connectivity index (χ4n) is 2.43. The van der Waals surface area contributed by atoms with E-state index in [-0.39, 0.29) is 22.6 Å². The maximum Gasteiger partial charge on any atom is 0.266 e. The molecule has 0 bridgehead atoms. The van der Waals surface area contributed by atoms with Crippen molar-refractivity contribution in [1.29, 1.82) is 0 Å². The molecule has 0 spiro atoms. The summed E-state index contributed by atoms with van der Waals surface area (Å²) in [7, 11) is 0. The molecule has 0 aliphatic carbocycles. The zero-order valence-electron chi connectivity index (χ0n) is 11.6. The van der Waals surface area contributed by atoms with Crippen LogP contribution in [-0.4, -0.2) is 34.4 Å². The van der Waals surface area contributed by atoms with Crippen LogP contribution in [0, 0.1) is 5.82 Å². The number of ether oxygens (including phenoxy) is 1. The second-order valence-electron chi connectivity index (χ2n) is 5.06. The Balaban J connectivity index is 1.82. The number of hydrogen-bond acceptors (Lipinski definition) is 4. The van der Waals surface area contributed by atoms with E-state index in [0.717, 1.165) is 19.4 Å². The average Bonchev–Trinajstić information content (AvgIpc) is 3.07. The van der Waals surface area contributed by atoms with Gasteiger partial charge in [-0.1, -0.05) is 41.6 Å². The highest BCUT2D eigenvalue weighted by molar-refractivity contribution is 8.26. The SMILES string of the molecule is O=C1/C(=C\c2c(F)cccc2Cl)SC(=S)N1C[C@@H]1CCCO1. The van der Waals surface area contributed by atoms with E-state index >= 15 is 0 Å². The van der Waals surface area contributed by atoms with Gasteiger partial charge in [-0.2, -0.15) is 0 Å². The third kappa shape index (κ3) is 3.20. The summed E-state index contributed by atoms with van der Waals surface area (Å²) in [6, 6.07) is 4.42. The molecule has 0 unspecified atom stereocenters. The lowest BCUT2D eigenvalue weighted by atomic mass is 10.2. The van der Waals surface area contributed by atoms with E-state index in [2.05, 4.69) is 0 Å². The topological polar surface area (TPSA) is 29.5 Å². The number of rotatable bonds is 3. The molecule has 1 amide bonds. The largest absolute Gasteiger partial charge is 0.376 e. The second-order valence-corrected chi connectivity index (χ2v) is 7.15. The van der Waals surface area contributed by atoms with Gasteiger partial charge in [0.05, 0.1) is 22.6 Å². The van der Waals surface area contributed by atoms with Gasteiger partial charge >= 0.3 is 0 Å². The molecule has 2 aliphatic rings. The highest BCUT2D eigenvalue weighted by Gasteiger charge is 2.34. The van der Waals surface area contributed by atoms with Gasteiger partial charge in [0, 0.05) is 12.2 Å². The molecule has 0 N–H and O–H groups in total. The number of thiocarbonyl (C=S) groups is 1. The van der Waals surface area contributed by atoms with E-state index in [1.165, 1.54) is 34.9 Å². The van der Waals surface area contributed by atoms with E-state index in [0.29, 0.717) is 15.8 Å². The summed E-state index contributed by atoms with van der Waals surface area (Å²) in [4.78, 5) is 14.4. The Morgan fingerprint density at radius 3 is 3.05 bits per heavy atom. The predicted octanol–water partition coefficient (Wildman–Crippen LogP) is 3.86. The Labute approximate surface area is 142 Å². The quantitative estimate of drug-likeness (QED) is 0.607. The molecule has 0 aromatic heterocycles. The molecule has 2 fully saturated rings. The predicted molar refractivity (Wildman–Crippen MR) is 90.3 cm³/mol. The summed E-state index contributed by atoms with van der Waals surface area (Å²) < 4.78 is 19.8. The third-order valence-corrected chi connectivity index (χ3v) is 5.27. The molecule has 22 heavy (non-hydrogen) atoms. The lowest BCUT2D eigenvalue weighted by Gasteiger charge is -2.18. The van der Waals surface area contributed by atoms with Crippen molar-refractivity contribution in [1.82, 2.24) is 4.90 Å². The van der Waals surface area contributed by atoms with Crippen molar-refractivity contribution in [2.24, 2.45) is 0 Å². The van der Waals surface area contributed by atoms with Crippen LogP contribution in [0.3, 0.4) is 0 Å². The van der Waals surface area contributed by atoms with Crippen LogP contribution in [0.1, 0.15) is 18.4 Å². The fraction of sp³-hybridized carbons (Fsp3) is 0.333. The molecule has 1 aromatic carbocycles. The Hall–Kier alpha value is -0.950. The summed E-state index contributed by atoms with van der Waals surface area (Å²) in [5, 5.41) is 0.268. The van der Waals surface area contributed by atoms with Gasteiger partial charge < -0.3 is 4.74 Å². The van der Waals surface area contributed by atoms with Crippen LogP contribution in [0.15, 0.2) is 23.1 Å². The van der Waals surface area contributed by atoms with Crippen LogP contribution in [0.2, 0.25) is 5.02 Å². The number of nitrogens with zero attached hydrogens (tertiary/aromatic N) is 1. The zero-order chi connectivity index (χ0) is 15.7. The van der Waals surface area contributed by atoms with Gasteiger partial charge in [0.1, 0.15) is 10.1 Å². The molecule has 116 valence electrons. The summed E-state index contributed by atoms with van der Waals surface area (Å²) >= 11 is 12.4. The number of benzene rings is 1. The van der Waals surface area contributed by atoms with E-state index in [1.807, 2.05) is 0 Å². The van der Waals surface area contributed by atoms with Crippen LogP contribution in [0.4, 0.5) is 4.39 Å². The average molecular weight is 358 g/mol. The molecule has 7 heteroatoms. The summed E-state index contributed by atoms with van der Waals surface area (Å²) in [6.45, 7) is 1.17. The Kier molecular flexibility index (Phi) is 4.82. The molecule has 0 radical (unpaired) electrons. The Morgan fingerprint density at radius 1 is 1.55 bits per heavy atom. The van der Waals surface area contributed by atoms with Crippen LogP contribution in [-0.2, 0) is 9.53 Å². The van der Waals surface area contributed by atoms with Crippen molar-refractivity contribution >= 4 is 51.9 Å². The minimum atomic E-state index is -0.461. The molecule has 0 saturated carbocycles. The van der Waals surface area contributed by atoms with Gasteiger partial charge in [-0.25, -0.2) is 4.39 Å². The maximum absolute atomic E-state index is 13.8. The minimum absolute atomic E-state index is 0.0268. The van der Waals surface area contributed by atoms with Gasteiger partial charge in [-0.05, 0) is 31.1 Å². The molecule has 2 saturated heterocycles. The molecule has 3 rings (SSSR count). The number of hydrogen-bond donors (Lipinski definition) is 0. The fourth-order valence-corrected chi connectivity index (χ4v) is 3.90. The first-order chi connectivity index (χ1) is 10.6.